The van der Waals surface area contributed by atoms with Crippen LogP contribution in [0.1, 0.15) is 47.0 Å². The van der Waals surface area contributed by atoms with Crippen molar-refractivity contribution in [1.29, 1.82) is 0 Å². The van der Waals surface area contributed by atoms with Gasteiger partial charge in [0, 0.05) is 17.0 Å². The lowest BCUT2D eigenvalue weighted by Gasteiger charge is -2.21. The molecule has 3 heteroatoms. The first-order valence-corrected chi connectivity index (χ1v) is 7.19. The van der Waals surface area contributed by atoms with Crippen LogP contribution >= 0.6 is 11.8 Å². The number of nitrogens with one attached hydrogen (secondary N) is 1. The molecule has 0 aromatic rings. The quantitative estimate of drug-likeness (QED) is 0.642. The number of rotatable bonds is 9. The van der Waals surface area contributed by atoms with Crippen molar-refractivity contribution >= 4 is 11.8 Å². The van der Waals surface area contributed by atoms with Gasteiger partial charge in [0.1, 0.15) is 0 Å². The molecule has 0 aromatic carbocycles. The Morgan fingerprint density at radius 3 is 2.33 bits per heavy atom. The van der Waals surface area contributed by atoms with Gasteiger partial charge in [-0.25, -0.2) is 0 Å². The van der Waals surface area contributed by atoms with E-state index >= 15 is 0 Å². The summed E-state index contributed by atoms with van der Waals surface area (Å²) in [5.41, 5.74) is 0. The van der Waals surface area contributed by atoms with Crippen LogP contribution in [0.4, 0.5) is 0 Å². The Hall–Kier alpha value is 0.270. The van der Waals surface area contributed by atoms with Crippen molar-refractivity contribution in [2.45, 2.75) is 64.4 Å². The Morgan fingerprint density at radius 1 is 1.20 bits per heavy atom. The zero-order chi connectivity index (χ0) is 11.7. The summed E-state index contributed by atoms with van der Waals surface area (Å²) in [6.45, 7) is 9.49. The third-order valence-corrected chi connectivity index (χ3v) is 4.07. The van der Waals surface area contributed by atoms with E-state index in [9.17, 15) is 5.11 Å². The number of aliphatic hydroxyl groups is 1. The molecule has 0 aliphatic carbocycles. The average molecular weight is 233 g/mol. The molecule has 92 valence electrons. The van der Waals surface area contributed by atoms with Crippen LogP contribution in [0.5, 0.6) is 0 Å². The monoisotopic (exact) mass is 233 g/mol. The molecule has 0 aliphatic rings. The number of hydrogen-bond donors (Lipinski definition) is 2. The maximum atomic E-state index is 9.40. The topological polar surface area (TPSA) is 32.3 Å². The fraction of sp³-hybridized carbons (Fsp3) is 1.00. The van der Waals surface area contributed by atoms with Crippen LogP contribution in [0.25, 0.3) is 0 Å². The summed E-state index contributed by atoms with van der Waals surface area (Å²) in [5, 5.41) is 13.3. The summed E-state index contributed by atoms with van der Waals surface area (Å²) >= 11 is 1.87. The molecule has 0 fully saturated rings. The van der Waals surface area contributed by atoms with E-state index in [0.29, 0.717) is 11.3 Å². The second-order valence-corrected chi connectivity index (χ2v) is 5.63. The summed E-state index contributed by atoms with van der Waals surface area (Å²) in [6, 6.07) is 0.612. The second-order valence-electron chi connectivity index (χ2n) is 4.22. The minimum Gasteiger partial charge on any atom is -0.392 e. The van der Waals surface area contributed by atoms with E-state index in [2.05, 4.69) is 26.1 Å². The Morgan fingerprint density at radius 2 is 1.87 bits per heavy atom. The van der Waals surface area contributed by atoms with Crippen molar-refractivity contribution in [3.63, 3.8) is 0 Å². The Bertz CT molecular complexity index is 142. The molecule has 15 heavy (non-hydrogen) atoms. The highest BCUT2D eigenvalue weighted by Crippen LogP contribution is 2.16. The van der Waals surface area contributed by atoms with E-state index in [4.69, 9.17) is 0 Å². The SMILES string of the molecule is CCCNC(CCC)CSC(C)C(C)O. The van der Waals surface area contributed by atoms with Gasteiger partial charge in [-0.3, -0.25) is 0 Å². The first kappa shape index (κ1) is 15.3. The van der Waals surface area contributed by atoms with Gasteiger partial charge in [-0.05, 0) is 26.3 Å². The number of aliphatic hydroxyl groups excluding tert-OH is 1. The average Bonchev–Trinajstić information content (AvgIpc) is 2.21. The normalized spacial score (nSPS) is 17.4. The molecule has 0 bridgehead atoms. The molecule has 0 spiro atoms. The predicted molar refractivity (Wildman–Crippen MR) is 70.6 cm³/mol. The van der Waals surface area contributed by atoms with Crippen molar-refractivity contribution in [2.24, 2.45) is 0 Å². The highest BCUT2D eigenvalue weighted by atomic mass is 32.2. The zero-order valence-corrected chi connectivity index (χ0v) is 11.4. The van der Waals surface area contributed by atoms with Gasteiger partial charge >= 0.3 is 0 Å². The van der Waals surface area contributed by atoms with Gasteiger partial charge in [0.05, 0.1) is 6.10 Å². The minimum atomic E-state index is -0.205. The fourth-order valence-electron chi connectivity index (χ4n) is 1.35. The van der Waals surface area contributed by atoms with Crippen LogP contribution in [0, 0.1) is 0 Å². The Balaban J connectivity index is 3.73. The van der Waals surface area contributed by atoms with Crippen LogP contribution in [0.3, 0.4) is 0 Å². The summed E-state index contributed by atoms with van der Waals surface area (Å²) in [5.74, 6) is 1.11. The fourth-order valence-corrected chi connectivity index (χ4v) is 2.45. The standard InChI is InChI=1S/C12H27NOS/c1-5-7-12(13-8-6-2)9-15-11(4)10(3)14/h10-14H,5-9H2,1-4H3. The Kier molecular flexibility index (Phi) is 9.66. The van der Waals surface area contributed by atoms with Gasteiger partial charge in [-0.2, -0.15) is 11.8 Å². The van der Waals surface area contributed by atoms with Crippen LogP contribution < -0.4 is 5.32 Å². The van der Waals surface area contributed by atoms with Crippen LogP contribution in [-0.2, 0) is 0 Å². The van der Waals surface area contributed by atoms with Gasteiger partial charge in [0.15, 0.2) is 0 Å². The molecule has 0 amide bonds. The van der Waals surface area contributed by atoms with Crippen molar-refractivity contribution in [3.8, 4) is 0 Å². The molecule has 2 N–H and O–H groups in total. The molecule has 0 aromatic heterocycles. The third-order valence-electron chi connectivity index (χ3n) is 2.56. The minimum absolute atomic E-state index is 0.205. The van der Waals surface area contributed by atoms with Crippen molar-refractivity contribution in [1.82, 2.24) is 5.32 Å². The first-order valence-electron chi connectivity index (χ1n) is 6.14. The molecular weight excluding hydrogens is 206 g/mol. The maximum absolute atomic E-state index is 9.40. The lowest BCUT2D eigenvalue weighted by molar-refractivity contribution is 0.196. The highest BCUT2D eigenvalue weighted by Gasteiger charge is 2.12. The largest absolute Gasteiger partial charge is 0.392 e. The predicted octanol–water partition coefficient (Wildman–Crippen LogP) is 2.66. The van der Waals surface area contributed by atoms with Gasteiger partial charge in [-0.1, -0.05) is 27.2 Å². The lowest BCUT2D eigenvalue weighted by Crippen LogP contribution is -2.33. The number of hydrogen-bond acceptors (Lipinski definition) is 3. The molecule has 0 heterocycles. The summed E-state index contributed by atoms with van der Waals surface area (Å²) < 4.78 is 0. The second kappa shape index (κ2) is 9.49. The van der Waals surface area contributed by atoms with Gasteiger partial charge in [-0.15, -0.1) is 0 Å². The van der Waals surface area contributed by atoms with Gasteiger partial charge in [0.25, 0.3) is 0 Å². The molecule has 3 unspecified atom stereocenters. The van der Waals surface area contributed by atoms with Crippen LogP contribution in [0.15, 0.2) is 0 Å². The van der Waals surface area contributed by atoms with Gasteiger partial charge in [0.2, 0.25) is 0 Å². The summed E-state index contributed by atoms with van der Waals surface area (Å²) in [6.07, 6.45) is 3.45. The summed E-state index contributed by atoms with van der Waals surface area (Å²) in [4.78, 5) is 0. The molecule has 0 radical (unpaired) electrons. The molecular formula is C12H27NOS. The van der Waals surface area contributed by atoms with Crippen LogP contribution in [0.2, 0.25) is 0 Å². The van der Waals surface area contributed by atoms with E-state index < -0.39 is 0 Å². The van der Waals surface area contributed by atoms with Crippen molar-refractivity contribution in [3.05, 3.63) is 0 Å². The number of thioether (sulfide) groups is 1. The molecule has 3 atom stereocenters. The van der Waals surface area contributed by atoms with E-state index in [-0.39, 0.29) is 6.10 Å². The molecule has 0 saturated heterocycles. The summed E-state index contributed by atoms with van der Waals surface area (Å²) in [7, 11) is 0. The first-order chi connectivity index (χ1) is 7.11. The van der Waals surface area contributed by atoms with E-state index in [0.717, 1.165) is 12.3 Å². The third kappa shape index (κ3) is 8.12. The van der Waals surface area contributed by atoms with E-state index in [1.807, 2.05) is 18.7 Å². The van der Waals surface area contributed by atoms with Crippen molar-refractivity contribution in [2.75, 3.05) is 12.3 Å². The maximum Gasteiger partial charge on any atom is 0.0628 e. The van der Waals surface area contributed by atoms with Crippen LogP contribution in [-0.4, -0.2) is 34.8 Å². The Labute approximate surface area is 99.2 Å². The van der Waals surface area contributed by atoms with Gasteiger partial charge < -0.3 is 10.4 Å². The molecule has 0 rings (SSSR count). The highest BCUT2D eigenvalue weighted by molar-refractivity contribution is 7.99. The molecule has 0 saturated carbocycles. The zero-order valence-electron chi connectivity index (χ0n) is 10.6. The molecule has 0 aliphatic heterocycles. The molecule has 2 nitrogen and oxygen atoms in total. The van der Waals surface area contributed by atoms with E-state index in [1.54, 1.807) is 0 Å². The van der Waals surface area contributed by atoms with E-state index in [1.165, 1.54) is 19.3 Å². The lowest BCUT2D eigenvalue weighted by atomic mass is 10.2. The van der Waals surface area contributed by atoms with Crippen molar-refractivity contribution < 1.29 is 5.11 Å². The smallest absolute Gasteiger partial charge is 0.0628 e.